The van der Waals surface area contributed by atoms with E-state index in [0.29, 0.717) is 23.3 Å². The highest BCUT2D eigenvalue weighted by Crippen LogP contribution is 2.26. The van der Waals surface area contributed by atoms with Crippen molar-refractivity contribution >= 4 is 17.1 Å². The highest BCUT2D eigenvalue weighted by molar-refractivity contribution is 6.01. The predicted octanol–water partition coefficient (Wildman–Crippen LogP) is 2.13. The zero-order chi connectivity index (χ0) is 11.6. The molecule has 3 N–H and O–H groups in total. The van der Waals surface area contributed by atoms with Crippen LogP contribution in [0.25, 0.3) is 0 Å². The summed E-state index contributed by atoms with van der Waals surface area (Å²) in [5.41, 5.74) is 7.44. The molecule has 1 aromatic rings. The van der Waals surface area contributed by atoms with E-state index in [1.165, 1.54) is 6.07 Å². The molecule has 80 valence electrons. The molecule has 0 heterocycles. The van der Waals surface area contributed by atoms with Crippen molar-refractivity contribution in [1.29, 1.82) is 5.41 Å². The van der Waals surface area contributed by atoms with Crippen molar-refractivity contribution in [1.82, 2.24) is 0 Å². The van der Waals surface area contributed by atoms with Gasteiger partial charge < -0.3 is 11.1 Å². The normalized spacial score (nSPS) is 10.0. The van der Waals surface area contributed by atoms with E-state index in [4.69, 9.17) is 11.1 Å². The van der Waals surface area contributed by atoms with Crippen LogP contribution in [-0.2, 0) is 6.42 Å². The minimum atomic E-state index is -0.446. The van der Waals surface area contributed by atoms with Crippen LogP contribution in [0.15, 0.2) is 12.1 Å². The van der Waals surface area contributed by atoms with Crippen molar-refractivity contribution < 1.29 is 4.92 Å². The molecule has 0 aliphatic rings. The van der Waals surface area contributed by atoms with E-state index in [0.717, 1.165) is 0 Å². The maximum absolute atomic E-state index is 10.7. The fraction of sp³-hybridized carbons (Fsp3) is 0.300. The summed E-state index contributed by atoms with van der Waals surface area (Å²) < 4.78 is 0. The van der Waals surface area contributed by atoms with Gasteiger partial charge in [-0.05, 0) is 19.4 Å². The number of nitrogens with zero attached hydrogens (tertiary/aromatic N) is 1. The Balaban J connectivity index is 3.42. The molecule has 0 atom stereocenters. The van der Waals surface area contributed by atoms with Crippen molar-refractivity contribution in [3.8, 4) is 0 Å². The Bertz CT molecular complexity index is 427. The van der Waals surface area contributed by atoms with E-state index in [2.05, 4.69) is 0 Å². The van der Waals surface area contributed by atoms with Crippen LogP contribution in [0.4, 0.5) is 11.4 Å². The molecule has 0 aromatic heterocycles. The average molecular weight is 207 g/mol. The van der Waals surface area contributed by atoms with Crippen LogP contribution in [-0.4, -0.2) is 10.6 Å². The molecule has 1 aromatic carbocycles. The summed E-state index contributed by atoms with van der Waals surface area (Å²) in [6, 6.07) is 2.95. The first-order chi connectivity index (χ1) is 6.97. The Morgan fingerprint density at radius 3 is 2.60 bits per heavy atom. The maximum Gasteiger partial charge on any atom is 0.274 e. The molecular formula is C10H13N3O2. The van der Waals surface area contributed by atoms with E-state index in [1.54, 1.807) is 13.0 Å². The molecule has 0 saturated heterocycles. The zero-order valence-corrected chi connectivity index (χ0v) is 8.70. The summed E-state index contributed by atoms with van der Waals surface area (Å²) in [7, 11) is 0. The van der Waals surface area contributed by atoms with Crippen LogP contribution in [0, 0.1) is 15.5 Å². The summed E-state index contributed by atoms with van der Waals surface area (Å²) in [5, 5.41) is 18.2. The van der Waals surface area contributed by atoms with Gasteiger partial charge in [-0.15, -0.1) is 0 Å². The number of nitrogens with two attached hydrogens (primary N) is 1. The predicted molar refractivity (Wildman–Crippen MR) is 59.4 cm³/mol. The minimum absolute atomic E-state index is 0.0278. The lowest BCUT2D eigenvalue weighted by atomic mass is 10.0. The van der Waals surface area contributed by atoms with Gasteiger partial charge in [0.2, 0.25) is 0 Å². The third-order valence-corrected chi connectivity index (χ3v) is 2.23. The van der Waals surface area contributed by atoms with Gasteiger partial charge in [-0.2, -0.15) is 0 Å². The molecule has 5 nitrogen and oxygen atoms in total. The highest BCUT2D eigenvalue weighted by Gasteiger charge is 2.16. The number of benzene rings is 1. The molecule has 0 unspecified atom stereocenters. The molecule has 0 radical (unpaired) electrons. The standard InChI is InChI=1S/C10H13N3O2/c1-3-7-4-8(6(2)11)9(12)5-10(7)13(14)15/h4-5,11H,3,12H2,1-2H3. The number of aryl methyl sites for hydroxylation is 1. The first kappa shape index (κ1) is 11.2. The fourth-order valence-electron chi connectivity index (χ4n) is 1.43. The fourth-order valence-corrected chi connectivity index (χ4v) is 1.43. The second-order valence-corrected chi connectivity index (χ2v) is 3.30. The van der Waals surface area contributed by atoms with E-state index < -0.39 is 4.92 Å². The minimum Gasteiger partial charge on any atom is -0.398 e. The van der Waals surface area contributed by atoms with Crippen molar-refractivity contribution in [3.05, 3.63) is 33.4 Å². The lowest BCUT2D eigenvalue weighted by molar-refractivity contribution is -0.385. The topological polar surface area (TPSA) is 93.0 Å². The van der Waals surface area contributed by atoms with Gasteiger partial charge in [0.05, 0.1) is 4.92 Å². The Labute approximate surface area is 87.6 Å². The first-order valence-corrected chi connectivity index (χ1v) is 4.59. The smallest absolute Gasteiger partial charge is 0.274 e. The molecule has 0 aliphatic carbocycles. The van der Waals surface area contributed by atoms with E-state index in [9.17, 15) is 10.1 Å². The molecule has 0 bridgehead atoms. The summed E-state index contributed by atoms with van der Waals surface area (Å²) in [5.74, 6) is 0. The number of hydrogen-bond donors (Lipinski definition) is 2. The monoisotopic (exact) mass is 207 g/mol. The quantitative estimate of drug-likeness (QED) is 0.344. The van der Waals surface area contributed by atoms with Crippen LogP contribution in [0.2, 0.25) is 0 Å². The molecule has 15 heavy (non-hydrogen) atoms. The van der Waals surface area contributed by atoms with E-state index >= 15 is 0 Å². The van der Waals surface area contributed by atoms with Gasteiger partial charge >= 0.3 is 0 Å². The molecule has 0 amide bonds. The van der Waals surface area contributed by atoms with Gasteiger partial charge in [-0.3, -0.25) is 10.1 Å². The second-order valence-electron chi connectivity index (χ2n) is 3.30. The number of rotatable bonds is 3. The third-order valence-electron chi connectivity index (χ3n) is 2.23. The van der Waals surface area contributed by atoms with Crippen LogP contribution >= 0.6 is 0 Å². The largest absolute Gasteiger partial charge is 0.398 e. The van der Waals surface area contributed by atoms with Gasteiger partial charge in [-0.1, -0.05) is 6.92 Å². The Morgan fingerprint density at radius 2 is 2.20 bits per heavy atom. The number of nitrogen functional groups attached to an aromatic ring is 1. The second kappa shape index (κ2) is 4.08. The van der Waals surface area contributed by atoms with E-state index in [1.807, 2.05) is 6.92 Å². The summed E-state index contributed by atoms with van der Waals surface area (Å²) in [6.45, 7) is 3.44. The lowest BCUT2D eigenvalue weighted by Crippen LogP contribution is -2.04. The first-order valence-electron chi connectivity index (χ1n) is 4.59. The third kappa shape index (κ3) is 2.12. The lowest BCUT2D eigenvalue weighted by Gasteiger charge is -2.07. The van der Waals surface area contributed by atoms with Crippen LogP contribution in [0.3, 0.4) is 0 Å². The van der Waals surface area contributed by atoms with Crippen molar-refractivity contribution in [3.63, 3.8) is 0 Å². The Morgan fingerprint density at radius 1 is 1.60 bits per heavy atom. The van der Waals surface area contributed by atoms with Gasteiger partial charge in [0, 0.05) is 28.6 Å². The molecule has 1 rings (SSSR count). The van der Waals surface area contributed by atoms with Crippen LogP contribution in [0.5, 0.6) is 0 Å². The molecule has 5 heteroatoms. The zero-order valence-electron chi connectivity index (χ0n) is 8.70. The van der Waals surface area contributed by atoms with Gasteiger partial charge in [0.15, 0.2) is 0 Å². The number of nitro benzene ring substituents is 1. The summed E-state index contributed by atoms with van der Waals surface area (Å²) in [6.07, 6.45) is 0.552. The molecule has 0 spiro atoms. The van der Waals surface area contributed by atoms with Gasteiger partial charge in [0.1, 0.15) is 0 Å². The Hall–Kier alpha value is -1.91. The summed E-state index contributed by atoms with van der Waals surface area (Å²) >= 11 is 0. The maximum atomic E-state index is 10.7. The average Bonchev–Trinajstić information content (AvgIpc) is 2.16. The SMILES string of the molecule is CCc1cc(C(C)=N)c(N)cc1[N+](=O)[O-]. The van der Waals surface area contributed by atoms with Crippen molar-refractivity contribution in [2.75, 3.05) is 5.73 Å². The highest BCUT2D eigenvalue weighted by atomic mass is 16.6. The van der Waals surface area contributed by atoms with Crippen LogP contribution < -0.4 is 5.73 Å². The molecule has 0 saturated carbocycles. The summed E-state index contributed by atoms with van der Waals surface area (Å²) in [4.78, 5) is 10.3. The van der Waals surface area contributed by atoms with Crippen molar-refractivity contribution in [2.45, 2.75) is 20.3 Å². The number of anilines is 1. The number of nitro groups is 1. The Kier molecular flexibility index (Phi) is 3.04. The number of nitrogens with one attached hydrogen (secondary N) is 1. The van der Waals surface area contributed by atoms with Gasteiger partial charge in [-0.25, -0.2) is 0 Å². The number of hydrogen-bond acceptors (Lipinski definition) is 4. The van der Waals surface area contributed by atoms with Gasteiger partial charge in [0.25, 0.3) is 5.69 Å². The van der Waals surface area contributed by atoms with E-state index in [-0.39, 0.29) is 11.4 Å². The molecule has 0 aliphatic heterocycles. The van der Waals surface area contributed by atoms with Crippen molar-refractivity contribution in [2.24, 2.45) is 0 Å². The molecular weight excluding hydrogens is 194 g/mol. The van der Waals surface area contributed by atoms with Crippen LogP contribution in [0.1, 0.15) is 25.0 Å². The molecule has 0 fully saturated rings.